The molecule has 168 valence electrons. The van der Waals surface area contributed by atoms with Crippen molar-refractivity contribution in [2.45, 2.75) is 38.8 Å². The summed E-state index contributed by atoms with van der Waals surface area (Å²) in [6, 6.07) is 5.60. The van der Waals surface area contributed by atoms with Crippen LogP contribution in [0.2, 0.25) is 5.28 Å². The van der Waals surface area contributed by atoms with Gasteiger partial charge in [0.15, 0.2) is 5.65 Å². The van der Waals surface area contributed by atoms with E-state index in [0.29, 0.717) is 29.8 Å². The van der Waals surface area contributed by atoms with Crippen LogP contribution in [0.25, 0.3) is 16.9 Å². The van der Waals surface area contributed by atoms with Crippen LogP contribution in [0.15, 0.2) is 35.3 Å². The number of carbonyl (C=O) groups is 2. The van der Waals surface area contributed by atoms with Crippen molar-refractivity contribution in [2.75, 3.05) is 13.1 Å². The first-order chi connectivity index (χ1) is 15.0. The molecular formula is C21H22ClN5O5. The molecule has 1 atom stereocenters. The van der Waals surface area contributed by atoms with Crippen LogP contribution in [0.3, 0.4) is 0 Å². The smallest absolute Gasteiger partial charge is 0.410 e. The van der Waals surface area contributed by atoms with E-state index in [9.17, 15) is 14.4 Å². The third-order valence-electron chi connectivity index (χ3n) is 5.14. The zero-order valence-electron chi connectivity index (χ0n) is 17.8. The average molecular weight is 460 g/mol. The third kappa shape index (κ3) is 4.05. The summed E-state index contributed by atoms with van der Waals surface area (Å²) in [7, 11) is 0. The number of aromatic carboxylic acids is 1. The highest BCUT2D eigenvalue weighted by molar-refractivity contribution is 6.28. The summed E-state index contributed by atoms with van der Waals surface area (Å²) in [6.07, 6.45) is 1.56. The molecule has 1 N–H and O–H groups in total. The number of carboxylic acid groups (broad SMARTS) is 1. The fourth-order valence-electron chi connectivity index (χ4n) is 3.76. The maximum absolute atomic E-state index is 13.5. The summed E-state index contributed by atoms with van der Waals surface area (Å²) in [6.45, 7) is 6.11. The summed E-state index contributed by atoms with van der Waals surface area (Å²) in [5, 5.41) is 9.13. The number of hydrogen-bond acceptors (Lipinski definition) is 6. The van der Waals surface area contributed by atoms with Crippen molar-refractivity contribution in [2.24, 2.45) is 0 Å². The predicted octanol–water partition coefficient (Wildman–Crippen LogP) is 3.12. The number of carbonyl (C=O) groups excluding carboxylic acids is 1. The molecule has 32 heavy (non-hydrogen) atoms. The second-order valence-electron chi connectivity index (χ2n) is 8.56. The van der Waals surface area contributed by atoms with E-state index in [1.165, 1.54) is 27.5 Å². The number of imidazole rings is 1. The molecule has 0 spiro atoms. The first-order valence-electron chi connectivity index (χ1n) is 10.0. The Morgan fingerprint density at radius 3 is 2.53 bits per heavy atom. The number of hydrogen-bond donors (Lipinski definition) is 1. The van der Waals surface area contributed by atoms with Crippen LogP contribution in [0.4, 0.5) is 4.79 Å². The highest BCUT2D eigenvalue weighted by Crippen LogP contribution is 2.27. The lowest BCUT2D eigenvalue weighted by molar-refractivity contribution is 0.0288. The lowest BCUT2D eigenvalue weighted by Gasteiger charge is -2.24. The number of amides is 1. The van der Waals surface area contributed by atoms with Crippen LogP contribution in [0.5, 0.6) is 0 Å². The number of rotatable bonds is 3. The predicted molar refractivity (Wildman–Crippen MR) is 117 cm³/mol. The van der Waals surface area contributed by atoms with Crippen LogP contribution in [-0.2, 0) is 4.74 Å². The van der Waals surface area contributed by atoms with Crippen molar-refractivity contribution in [1.29, 1.82) is 0 Å². The SMILES string of the molecule is CC(C)(C)OC(=O)N1CC[C@H](n2c(=O)n(-c3ccc(C(=O)O)cc3)c3cnc(Cl)nc32)C1. The molecule has 0 bridgehead atoms. The van der Waals surface area contributed by atoms with Crippen LogP contribution >= 0.6 is 11.6 Å². The van der Waals surface area contributed by atoms with Gasteiger partial charge in [0.05, 0.1) is 23.5 Å². The quantitative estimate of drug-likeness (QED) is 0.597. The molecule has 0 unspecified atom stereocenters. The first kappa shape index (κ1) is 21.8. The maximum atomic E-state index is 13.5. The van der Waals surface area contributed by atoms with Crippen molar-refractivity contribution >= 4 is 34.8 Å². The number of carboxylic acids is 1. The molecule has 1 amide bonds. The number of aromatic nitrogens is 4. The molecule has 1 aliphatic rings. The van der Waals surface area contributed by atoms with E-state index in [2.05, 4.69) is 9.97 Å². The van der Waals surface area contributed by atoms with E-state index < -0.39 is 17.7 Å². The van der Waals surface area contributed by atoms with E-state index in [0.717, 1.165) is 0 Å². The zero-order chi connectivity index (χ0) is 23.2. The van der Waals surface area contributed by atoms with Crippen LogP contribution in [0, 0.1) is 0 Å². The minimum Gasteiger partial charge on any atom is -0.478 e. The monoisotopic (exact) mass is 459 g/mol. The lowest BCUT2D eigenvalue weighted by Crippen LogP contribution is -2.36. The van der Waals surface area contributed by atoms with Gasteiger partial charge in [-0.05, 0) is 63.1 Å². The Labute approximate surface area is 188 Å². The molecule has 1 fully saturated rings. The average Bonchev–Trinajstić information content (AvgIpc) is 3.28. The van der Waals surface area contributed by atoms with Crippen LogP contribution in [-0.4, -0.2) is 59.9 Å². The standard InChI is InChI=1S/C21H22ClN5O5/c1-21(2,3)32-20(31)25-9-8-14(11-25)27-16-15(10-23-18(22)24-16)26(19(27)30)13-6-4-12(5-7-13)17(28)29/h4-7,10,14H,8-9,11H2,1-3H3,(H,28,29)/t14-/m0/s1. The largest absolute Gasteiger partial charge is 0.478 e. The number of nitrogens with zero attached hydrogens (tertiary/aromatic N) is 5. The normalized spacial score (nSPS) is 16.5. The van der Waals surface area contributed by atoms with Crippen molar-refractivity contribution in [1.82, 2.24) is 24.0 Å². The Bertz CT molecular complexity index is 1260. The molecule has 0 aliphatic carbocycles. The number of fused-ring (bicyclic) bond motifs is 1. The first-order valence-corrected chi connectivity index (χ1v) is 10.4. The molecule has 11 heteroatoms. The van der Waals surface area contributed by atoms with Crippen LogP contribution in [0.1, 0.15) is 43.6 Å². The van der Waals surface area contributed by atoms with Gasteiger partial charge in [-0.1, -0.05) is 0 Å². The highest BCUT2D eigenvalue weighted by atomic mass is 35.5. The highest BCUT2D eigenvalue weighted by Gasteiger charge is 2.33. The minimum absolute atomic E-state index is 0.00776. The topological polar surface area (TPSA) is 120 Å². The van der Waals surface area contributed by atoms with Crippen molar-refractivity contribution in [3.8, 4) is 5.69 Å². The Morgan fingerprint density at radius 1 is 1.22 bits per heavy atom. The molecule has 1 aliphatic heterocycles. The van der Waals surface area contributed by atoms with Gasteiger partial charge in [-0.15, -0.1) is 0 Å². The number of benzene rings is 1. The fourth-order valence-corrected chi connectivity index (χ4v) is 3.89. The van der Waals surface area contributed by atoms with E-state index >= 15 is 0 Å². The zero-order valence-corrected chi connectivity index (χ0v) is 18.5. The molecule has 0 radical (unpaired) electrons. The third-order valence-corrected chi connectivity index (χ3v) is 5.32. The molecule has 4 rings (SSSR count). The fraction of sp³-hybridized carbons (Fsp3) is 0.381. The second kappa shape index (κ2) is 7.94. The van der Waals surface area contributed by atoms with Crippen LogP contribution < -0.4 is 5.69 Å². The Morgan fingerprint density at radius 2 is 1.91 bits per heavy atom. The van der Waals surface area contributed by atoms with Gasteiger partial charge in [-0.3, -0.25) is 9.13 Å². The molecular weight excluding hydrogens is 438 g/mol. The van der Waals surface area contributed by atoms with Gasteiger partial charge >= 0.3 is 17.8 Å². The number of halogens is 1. The maximum Gasteiger partial charge on any atom is 0.410 e. The van der Waals surface area contributed by atoms with E-state index in [1.54, 1.807) is 37.8 Å². The van der Waals surface area contributed by atoms with Crippen molar-refractivity contribution in [3.05, 3.63) is 51.8 Å². The van der Waals surface area contributed by atoms with Gasteiger partial charge in [0.1, 0.15) is 11.1 Å². The van der Waals surface area contributed by atoms with Gasteiger partial charge in [0.25, 0.3) is 0 Å². The summed E-state index contributed by atoms with van der Waals surface area (Å²) in [4.78, 5) is 47.0. The summed E-state index contributed by atoms with van der Waals surface area (Å²) in [5.74, 6) is -1.06. The Balaban J connectivity index is 1.75. The number of ether oxygens (including phenoxy) is 1. The second-order valence-corrected chi connectivity index (χ2v) is 8.89. The molecule has 1 aromatic carbocycles. The molecule has 3 aromatic rings. The number of likely N-dealkylation sites (tertiary alicyclic amines) is 1. The minimum atomic E-state index is -1.06. The molecule has 1 saturated heterocycles. The summed E-state index contributed by atoms with van der Waals surface area (Å²) in [5.41, 5.74) is 0.345. The van der Waals surface area contributed by atoms with Gasteiger partial charge in [-0.25, -0.2) is 19.4 Å². The van der Waals surface area contributed by atoms with E-state index in [1.807, 2.05) is 0 Å². The van der Waals surface area contributed by atoms with Gasteiger partial charge in [-0.2, -0.15) is 4.98 Å². The van der Waals surface area contributed by atoms with E-state index in [-0.39, 0.29) is 29.1 Å². The molecule has 10 nitrogen and oxygen atoms in total. The van der Waals surface area contributed by atoms with Crippen molar-refractivity contribution in [3.63, 3.8) is 0 Å². The summed E-state index contributed by atoms with van der Waals surface area (Å²) >= 11 is 6.02. The van der Waals surface area contributed by atoms with Crippen molar-refractivity contribution < 1.29 is 19.4 Å². The molecule has 3 heterocycles. The van der Waals surface area contributed by atoms with E-state index in [4.69, 9.17) is 21.4 Å². The molecule has 2 aromatic heterocycles. The Hall–Kier alpha value is -3.40. The summed E-state index contributed by atoms with van der Waals surface area (Å²) < 4.78 is 8.37. The lowest BCUT2D eigenvalue weighted by atomic mass is 10.2. The van der Waals surface area contributed by atoms with Gasteiger partial charge in [0, 0.05) is 13.1 Å². The van der Waals surface area contributed by atoms with Gasteiger partial charge in [0.2, 0.25) is 5.28 Å². The Kier molecular flexibility index (Phi) is 5.41. The van der Waals surface area contributed by atoms with Gasteiger partial charge < -0.3 is 14.7 Å². The molecule has 0 saturated carbocycles.